The van der Waals surface area contributed by atoms with Gasteiger partial charge in [0.25, 0.3) is 0 Å². The Morgan fingerprint density at radius 1 is 1.05 bits per heavy atom. The highest BCUT2D eigenvalue weighted by molar-refractivity contribution is 7.80. The van der Waals surface area contributed by atoms with Gasteiger partial charge in [0.2, 0.25) is 5.91 Å². The number of hydrogen-bond acceptors (Lipinski definition) is 3. The molecule has 4 aromatic rings. The summed E-state index contributed by atoms with van der Waals surface area (Å²) in [5.74, 6) is -0.349. The van der Waals surface area contributed by atoms with Crippen molar-refractivity contribution in [3.05, 3.63) is 114 Å². The van der Waals surface area contributed by atoms with Crippen LogP contribution in [0.4, 0.5) is 10.1 Å². The molecule has 1 aliphatic heterocycles. The molecule has 2 aromatic carbocycles. The molecule has 5 rings (SSSR count). The first kappa shape index (κ1) is 24.6. The Morgan fingerprint density at radius 3 is 2.49 bits per heavy atom. The largest absolute Gasteiger partial charge is 0.352 e. The number of aryl methyl sites for hydroxylation is 1. The minimum absolute atomic E-state index is 0.0779. The molecule has 1 aliphatic rings. The van der Waals surface area contributed by atoms with Gasteiger partial charge in [-0.25, -0.2) is 4.39 Å². The molecule has 2 N–H and O–H groups in total. The van der Waals surface area contributed by atoms with Crippen molar-refractivity contribution in [3.8, 4) is 5.69 Å². The van der Waals surface area contributed by atoms with E-state index in [1.165, 1.54) is 12.1 Å². The van der Waals surface area contributed by atoms with E-state index in [0.29, 0.717) is 11.7 Å². The Morgan fingerprint density at radius 2 is 1.78 bits per heavy atom. The highest BCUT2D eigenvalue weighted by Gasteiger charge is 2.41. The molecule has 188 valence electrons. The van der Waals surface area contributed by atoms with Crippen LogP contribution in [0.25, 0.3) is 5.69 Å². The molecule has 1 fully saturated rings. The first-order valence-electron chi connectivity index (χ1n) is 12.2. The molecule has 2 aromatic heterocycles. The summed E-state index contributed by atoms with van der Waals surface area (Å²) in [6.45, 7) is 4.54. The average Bonchev–Trinajstić information content (AvgIpc) is 3.39. The highest BCUT2D eigenvalue weighted by atomic mass is 32.1. The molecule has 1 saturated heterocycles. The smallest absolute Gasteiger partial charge is 0.226 e. The van der Waals surface area contributed by atoms with Gasteiger partial charge in [-0.1, -0.05) is 24.3 Å². The second kappa shape index (κ2) is 10.5. The van der Waals surface area contributed by atoms with Gasteiger partial charge in [0.05, 0.1) is 17.8 Å². The van der Waals surface area contributed by atoms with Crippen LogP contribution in [0.3, 0.4) is 0 Å². The highest BCUT2D eigenvalue weighted by Crippen LogP contribution is 2.41. The van der Waals surface area contributed by atoms with Crippen LogP contribution in [0.2, 0.25) is 0 Å². The molecule has 8 heteroatoms. The van der Waals surface area contributed by atoms with Gasteiger partial charge >= 0.3 is 0 Å². The topological polar surface area (TPSA) is 62.2 Å². The Kier molecular flexibility index (Phi) is 7.01. The number of carbonyl (C=O) groups is 1. The van der Waals surface area contributed by atoms with Crippen molar-refractivity contribution in [2.75, 3.05) is 11.9 Å². The van der Waals surface area contributed by atoms with E-state index in [4.69, 9.17) is 12.2 Å². The van der Waals surface area contributed by atoms with Crippen molar-refractivity contribution in [1.82, 2.24) is 19.8 Å². The van der Waals surface area contributed by atoms with Crippen molar-refractivity contribution >= 4 is 28.9 Å². The van der Waals surface area contributed by atoms with Crippen LogP contribution in [0.5, 0.6) is 0 Å². The molecule has 37 heavy (non-hydrogen) atoms. The van der Waals surface area contributed by atoms with E-state index in [0.717, 1.165) is 34.0 Å². The summed E-state index contributed by atoms with van der Waals surface area (Å²) < 4.78 is 15.7. The van der Waals surface area contributed by atoms with Crippen LogP contribution < -0.4 is 10.6 Å². The van der Waals surface area contributed by atoms with Crippen LogP contribution in [0.15, 0.2) is 85.1 Å². The zero-order chi connectivity index (χ0) is 25.9. The summed E-state index contributed by atoms with van der Waals surface area (Å²) in [7, 11) is 0. The number of benzene rings is 2. The number of rotatable bonds is 7. The van der Waals surface area contributed by atoms with Crippen molar-refractivity contribution < 1.29 is 9.18 Å². The Hall–Kier alpha value is -4.04. The van der Waals surface area contributed by atoms with Gasteiger partial charge in [-0.05, 0) is 86.2 Å². The number of pyridine rings is 1. The second-order valence-corrected chi connectivity index (χ2v) is 9.51. The third-order valence-corrected chi connectivity index (χ3v) is 7.06. The fraction of sp³-hybridized carbons (Fsp3) is 0.207. The van der Waals surface area contributed by atoms with Gasteiger partial charge in [-0.2, -0.15) is 0 Å². The van der Waals surface area contributed by atoms with E-state index in [9.17, 15) is 9.18 Å². The molecular formula is C29H28FN5OS. The van der Waals surface area contributed by atoms with Crippen LogP contribution in [0.1, 0.15) is 41.1 Å². The number of carbonyl (C=O) groups excluding carboxylic acids is 1. The first-order valence-corrected chi connectivity index (χ1v) is 12.6. The van der Waals surface area contributed by atoms with Gasteiger partial charge < -0.3 is 20.1 Å². The maximum Gasteiger partial charge on any atom is 0.226 e. The molecule has 0 aliphatic carbocycles. The molecule has 0 bridgehead atoms. The SMILES string of the molecule is Cc1cc([C@H]2[C@H](c3ccccn3)NC(=S)N2CCC(=O)Nc2ccccc2)c(C)n1-c1ccc(F)cc1. The molecule has 3 heterocycles. The Bertz CT molecular complexity index is 1410. The summed E-state index contributed by atoms with van der Waals surface area (Å²) in [4.78, 5) is 19.4. The van der Waals surface area contributed by atoms with Gasteiger partial charge in [-0.15, -0.1) is 0 Å². The lowest BCUT2D eigenvalue weighted by atomic mass is 9.96. The van der Waals surface area contributed by atoms with Gasteiger partial charge in [0.15, 0.2) is 5.11 Å². The Balaban J connectivity index is 1.47. The van der Waals surface area contributed by atoms with Crippen molar-refractivity contribution in [2.45, 2.75) is 32.4 Å². The lowest BCUT2D eigenvalue weighted by Crippen LogP contribution is -2.32. The fourth-order valence-electron chi connectivity index (χ4n) is 5.03. The predicted octanol–water partition coefficient (Wildman–Crippen LogP) is 5.63. The van der Waals surface area contributed by atoms with E-state index in [1.54, 1.807) is 18.3 Å². The number of halogens is 1. The summed E-state index contributed by atoms with van der Waals surface area (Å²) in [6.07, 6.45) is 2.05. The van der Waals surface area contributed by atoms with Gasteiger partial charge in [-0.3, -0.25) is 9.78 Å². The van der Waals surface area contributed by atoms with Crippen LogP contribution in [0, 0.1) is 19.7 Å². The quantitative estimate of drug-likeness (QED) is 0.314. The molecule has 1 amide bonds. The zero-order valence-electron chi connectivity index (χ0n) is 20.7. The molecule has 2 atom stereocenters. The number of nitrogens with zero attached hydrogens (tertiary/aromatic N) is 3. The lowest BCUT2D eigenvalue weighted by Gasteiger charge is -2.28. The zero-order valence-corrected chi connectivity index (χ0v) is 21.5. The molecule has 0 unspecified atom stereocenters. The van der Waals surface area contributed by atoms with Crippen molar-refractivity contribution in [2.24, 2.45) is 0 Å². The number of anilines is 1. The van der Waals surface area contributed by atoms with Gasteiger partial charge in [0, 0.05) is 41.9 Å². The summed E-state index contributed by atoms with van der Waals surface area (Å²) in [5.41, 5.74) is 5.66. The lowest BCUT2D eigenvalue weighted by molar-refractivity contribution is -0.116. The summed E-state index contributed by atoms with van der Waals surface area (Å²) in [6, 6.07) is 23.5. The third-order valence-electron chi connectivity index (χ3n) is 6.71. The van der Waals surface area contributed by atoms with Crippen LogP contribution in [-0.2, 0) is 4.79 Å². The van der Waals surface area contributed by atoms with Crippen LogP contribution in [-0.4, -0.2) is 32.0 Å². The van der Waals surface area contributed by atoms with Crippen molar-refractivity contribution in [3.63, 3.8) is 0 Å². The third kappa shape index (κ3) is 5.11. The molecule has 0 saturated carbocycles. The predicted molar refractivity (Wildman–Crippen MR) is 147 cm³/mol. The summed E-state index contributed by atoms with van der Waals surface area (Å²) >= 11 is 5.77. The number of aromatic nitrogens is 2. The average molecular weight is 514 g/mol. The number of nitrogens with one attached hydrogen (secondary N) is 2. The molecule has 6 nitrogen and oxygen atoms in total. The standard InChI is InChI=1S/C29H28FN5OS/c1-19-18-24(20(2)35(19)23-13-11-21(30)12-14-23)28-27(25-10-6-7-16-31-25)33-29(37)34(28)17-15-26(36)32-22-8-4-3-5-9-22/h3-14,16,18,27-28H,15,17H2,1-2H3,(H,32,36)(H,33,37)/t27-,28-/m0/s1. The fourth-order valence-corrected chi connectivity index (χ4v) is 5.36. The van der Waals surface area contributed by atoms with E-state index < -0.39 is 0 Å². The van der Waals surface area contributed by atoms with E-state index >= 15 is 0 Å². The maximum atomic E-state index is 13.6. The normalized spacial score (nSPS) is 17.1. The second-order valence-electron chi connectivity index (χ2n) is 9.12. The first-order chi connectivity index (χ1) is 17.9. The van der Waals surface area contributed by atoms with Crippen molar-refractivity contribution in [1.29, 1.82) is 0 Å². The number of amides is 1. The number of para-hydroxylation sites is 1. The van der Waals surface area contributed by atoms with E-state index in [-0.39, 0.29) is 30.2 Å². The maximum absolute atomic E-state index is 13.6. The molecule has 0 radical (unpaired) electrons. The van der Waals surface area contributed by atoms with E-state index in [1.807, 2.05) is 55.5 Å². The minimum atomic E-state index is -0.271. The number of thiocarbonyl (C=S) groups is 1. The minimum Gasteiger partial charge on any atom is -0.352 e. The van der Waals surface area contributed by atoms with Gasteiger partial charge in [0.1, 0.15) is 5.82 Å². The monoisotopic (exact) mass is 513 g/mol. The number of hydrogen-bond donors (Lipinski definition) is 2. The van der Waals surface area contributed by atoms with E-state index in [2.05, 4.69) is 38.1 Å². The van der Waals surface area contributed by atoms with Crippen LogP contribution >= 0.6 is 12.2 Å². The Labute approximate surface area is 221 Å². The molecular weight excluding hydrogens is 485 g/mol. The summed E-state index contributed by atoms with van der Waals surface area (Å²) in [5, 5.41) is 6.99. The molecule has 0 spiro atoms.